The summed E-state index contributed by atoms with van der Waals surface area (Å²) in [6, 6.07) is 16.0. The van der Waals surface area contributed by atoms with Gasteiger partial charge in [-0.3, -0.25) is 4.79 Å². The Morgan fingerprint density at radius 1 is 1.14 bits per heavy atom. The average molecular weight is 357 g/mol. The predicted octanol–water partition coefficient (Wildman–Crippen LogP) is 4.60. The molecule has 1 N–H and O–H groups in total. The Morgan fingerprint density at radius 3 is 2.64 bits per heavy atom. The number of halogens is 1. The average Bonchev–Trinajstić information content (AvgIpc) is 2.91. The van der Waals surface area contributed by atoms with Gasteiger partial charge < -0.3 is 9.88 Å². The van der Waals surface area contributed by atoms with Gasteiger partial charge >= 0.3 is 0 Å². The van der Waals surface area contributed by atoms with Crippen molar-refractivity contribution in [2.24, 2.45) is 0 Å². The maximum Gasteiger partial charge on any atom is 0.244 e. The van der Waals surface area contributed by atoms with Crippen LogP contribution in [-0.2, 0) is 17.8 Å². The molecular weight excluding hydrogens is 340 g/mol. The van der Waals surface area contributed by atoms with E-state index in [-0.39, 0.29) is 5.91 Å². The van der Waals surface area contributed by atoms with Gasteiger partial charge in [0.25, 0.3) is 0 Å². The molecule has 0 aliphatic rings. The van der Waals surface area contributed by atoms with Crippen LogP contribution in [0.2, 0.25) is 0 Å². The minimum Gasteiger partial charge on any atom is -0.338 e. The van der Waals surface area contributed by atoms with Crippen molar-refractivity contribution in [3.05, 3.63) is 64.8 Å². The molecule has 0 unspecified atom stereocenters. The van der Waals surface area contributed by atoms with E-state index in [1.807, 2.05) is 35.0 Å². The van der Waals surface area contributed by atoms with Crippen LogP contribution in [0.15, 0.2) is 59.2 Å². The minimum absolute atomic E-state index is 0.0283. The lowest BCUT2D eigenvalue weighted by molar-refractivity contribution is -0.116. The second-order valence-electron chi connectivity index (χ2n) is 5.25. The number of hydrogen-bond acceptors (Lipinski definition) is 1. The molecule has 1 amide bonds. The number of carbonyl (C=O) groups is 1. The van der Waals surface area contributed by atoms with Crippen LogP contribution in [0.4, 0.5) is 5.69 Å². The Kier molecular flexibility index (Phi) is 4.29. The molecule has 3 nitrogen and oxygen atoms in total. The van der Waals surface area contributed by atoms with Gasteiger partial charge in [-0.15, -0.1) is 0 Å². The van der Waals surface area contributed by atoms with E-state index >= 15 is 0 Å². The molecule has 3 aromatic rings. The topological polar surface area (TPSA) is 34.0 Å². The number of nitrogens with zero attached hydrogens (tertiary/aromatic N) is 1. The van der Waals surface area contributed by atoms with Crippen molar-refractivity contribution in [3.63, 3.8) is 0 Å². The van der Waals surface area contributed by atoms with Crippen molar-refractivity contribution < 1.29 is 4.79 Å². The van der Waals surface area contributed by atoms with Crippen LogP contribution in [0.25, 0.3) is 10.9 Å². The molecule has 0 spiro atoms. The fourth-order valence-electron chi connectivity index (χ4n) is 2.50. The number of hydrogen-bond donors (Lipinski definition) is 1. The van der Waals surface area contributed by atoms with Gasteiger partial charge in [-0.2, -0.15) is 0 Å². The first kappa shape index (κ1) is 14.9. The monoisotopic (exact) mass is 356 g/mol. The smallest absolute Gasteiger partial charge is 0.244 e. The summed E-state index contributed by atoms with van der Waals surface area (Å²) in [5, 5.41) is 4.09. The number of amides is 1. The third-order valence-corrected chi connectivity index (χ3v) is 4.21. The Labute approximate surface area is 138 Å². The van der Waals surface area contributed by atoms with Crippen LogP contribution in [0, 0.1) is 0 Å². The second-order valence-corrected chi connectivity index (χ2v) is 6.16. The van der Waals surface area contributed by atoms with Crippen molar-refractivity contribution in [1.82, 2.24) is 4.57 Å². The van der Waals surface area contributed by atoms with Crippen molar-refractivity contribution in [2.45, 2.75) is 19.9 Å². The van der Waals surface area contributed by atoms with Crippen molar-refractivity contribution in [3.8, 4) is 0 Å². The molecule has 3 rings (SSSR count). The largest absolute Gasteiger partial charge is 0.338 e. The fourth-order valence-corrected chi connectivity index (χ4v) is 2.76. The van der Waals surface area contributed by atoms with Crippen LogP contribution in [0.1, 0.15) is 12.5 Å². The summed E-state index contributed by atoms with van der Waals surface area (Å²) in [4.78, 5) is 12.2. The highest BCUT2D eigenvalue weighted by Crippen LogP contribution is 2.19. The number of carbonyl (C=O) groups excluding carboxylic acids is 1. The number of fused-ring (bicyclic) bond motifs is 1. The Bertz CT molecular complexity index is 806. The number of anilines is 1. The minimum atomic E-state index is -0.0283. The maximum absolute atomic E-state index is 12.2. The van der Waals surface area contributed by atoms with E-state index in [1.165, 1.54) is 10.9 Å². The molecule has 2 aromatic carbocycles. The molecule has 0 fully saturated rings. The number of aromatic nitrogens is 1. The predicted molar refractivity (Wildman–Crippen MR) is 94.1 cm³/mol. The third kappa shape index (κ3) is 3.22. The number of nitrogens with one attached hydrogen (secondary N) is 1. The van der Waals surface area contributed by atoms with Gasteiger partial charge in [0.2, 0.25) is 5.91 Å². The Morgan fingerprint density at radius 2 is 1.91 bits per heavy atom. The molecule has 0 bridgehead atoms. The molecule has 0 radical (unpaired) electrons. The maximum atomic E-state index is 12.2. The summed E-state index contributed by atoms with van der Waals surface area (Å²) >= 11 is 3.38. The van der Waals surface area contributed by atoms with E-state index in [1.54, 1.807) is 0 Å². The van der Waals surface area contributed by atoms with Gasteiger partial charge in [0, 0.05) is 21.9 Å². The molecule has 0 saturated heterocycles. The summed E-state index contributed by atoms with van der Waals surface area (Å²) in [6.45, 7) is 2.45. The van der Waals surface area contributed by atoms with E-state index in [0.29, 0.717) is 6.54 Å². The zero-order valence-electron chi connectivity index (χ0n) is 12.3. The summed E-state index contributed by atoms with van der Waals surface area (Å²) < 4.78 is 2.97. The zero-order chi connectivity index (χ0) is 15.5. The van der Waals surface area contributed by atoms with E-state index in [4.69, 9.17) is 0 Å². The molecule has 22 heavy (non-hydrogen) atoms. The van der Waals surface area contributed by atoms with Gasteiger partial charge in [-0.25, -0.2) is 0 Å². The summed E-state index contributed by atoms with van der Waals surface area (Å²) in [5.41, 5.74) is 3.20. The lowest BCUT2D eigenvalue weighted by Gasteiger charge is -2.08. The van der Waals surface area contributed by atoms with Gasteiger partial charge in [-0.05, 0) is 59.8 Å². The van der Waals surface area contributed by atoms with Crippen LogP contribution >= 0.6 is 15.9 Å². The van der Waals surface area contributed by atoms with E-state index in [9.17, 15) is 4.79 Å². The zero-order valence-corrected chi connectivity index (χ0v) is 13.9. The van der Waals surface area contributed by atoms with E-state index in [2.05, 4.69) is 52.4 Å². The van der Waals surface area contributed by atoms with Gasteiger partial charge in [0.1, 0.15) is 6.54 Å². The van der Waals surface area contributed by atoms with Crippen LogP contribution in [0.3, 0.4) is 0 Å². The highest BCUT2D eigenvalue weighted by molar-refractivity contribution is 9.10. The normalized spacial score (nSPS) is 10.8. The van der Waals surface area contributed by atoms with Crippen molar-refractivity contribution in [1.29, 1.82) is 0 Å². The summed E-state index contributed by atoms with van der Waals surface area (Å²) in [5.74, 6) is -0.0283. The molecule has 1 aromatic heterocycles. The van der Waals surface area contributed by atoms with Crippen LogP contribution < -0.4 is 5.32 Å². The summed E-state index contributed by atoms with van der Waals surface area (Å²) in [6.07, 6.45) is 2.98. The first-order valence-corrected chi connectivity index (χ1v) is 8.08. The molecule has 0 aliphatic heterocycles. The molecule has 4 heteroatoms. The van der Waals surface area contributed by atoms with Crippen molar-refractivity contribution >= 4 is 38.4 Å². The lowest BCUT2D eigenvalue weighted by atomic mass is 10.1. The summed E-state index contributed by atoms with van der Waals surface area (Å²) in [7, 11) is 0. The first-order valence-electron chi connectivity index (χ1n) is 7.29. The second kappa shape index (κ2) is 6.36. The van der Waals surface area contributed by atoms with E-state index < -0.39 is 0 Å². The number of benzene rings is 2. The number of rotatable bonds is 4. The highest BCUT2D eigenvalue weighted by Gasteiger charge is 2.07. The molecule has 112 valence electrons. The van der Waals surface area contributed by atoms with Crippen molar-refractivity contribution in [2.75, 3.05) is 5.32 Å². The molecule has 0 saturated carbocycles. The molecule has 0 aliphatic carbocycles. The molecule has 1 heterocycles. The molecule has 0 atom stereocenters. The Hall–Kier alpha value is -2.07. The number of aryl methyl sites for hydroxylation is 1. The first-order chi connectivity index (χ1) is 10.7. The Balaban J connectivity index is 1.75. The standard InChI is InChI=1S/C18H17BrN2O/c1-2-13-3-8-17-14(11-13)9-10-21(17)12-18(22)20-16-6-4-15(19)5-7-16/h3-11H,2,12H2,1H3,(H,20,22). The van der Waals surface area contributed by atoms with E-state index in [0.717, 1.165) is 22.1 Å². The lowest BCUT2D eigenvalue weighted by Crippen LogP contribution is -2.18. The van der Waals surface area contributed by atoms with Crippen LogP contribution in [0.5, 0.6) is 0 Å². The third-order valence-electron chi connectivity index (χ3n) is 3.69. The quantitative estimate of drug-likeness (QED) is 0.727. The van der Waals surface area contributed by atoms with Gasteiger partial charge in [0.05, 0.1) is 0 Å². The van der Waals surface area contributed by atoms with Gasteiger partial charge in [-0.1, -0.05) is 28.9 Å². The van der Waals surface area contributed by atoms with Crippen LogP contribution in [-0.4, -0.2) is 10.5 Å². The molecular formula is C18H17BrN2O. The van der Waals surface area contributed by atoms with Gasteiger partial charge in [0.15, 0.2) is 0 Å². The fraction of sp³-hybridized carbons (Fsp3) is 0.167. The highest BCUT2D eigenvalue weighted by atomic mass is 79.9. The SMILES string of the molecule is CCc1ccc2c(ccn2CC(=O)Nc2ccc(Br)cc2)c1.